The molecule has 3 amide bonds. The molecule has 0 aromatic carbocycles. The zero-order chi connectivity index (χ0) is 15.3. The first-order valence-corrected chi connectivity index (χ1v) is 7.03. The Morgan fingerprint density at radius 2 is 1.80 bits per heavy atom. The Balaban J connectivity index is 2.48. The van der Waals surface area contributed by atoms with Gasteiger partial charge in [-0.05, 0) is 20.8 Å². The standard InChI is InChI=1S/C13H27N5O2/c1-10(11(19)16-12(20)15-4)17-5-7-18(8-6-17)13(2,3)9-14/h10H,5-9,14H2,1-4H3,(H2,15,16,19,20). The van der Waals surface area contributed by atoms with Crippen LogP contribution in [0.4, 0.5) is 4.79 Å². The molecule has 4 N–H and O–H groups in total. The summed E-state index contributed by atoms with van der Waals surface area (Å²) >= 11 is 0. The summed E-state index contributed by atoms with van der Waals surface area (Å²) < 4.78 is 0. The average molecular weight is 285 g/mol. The van der Waals surface area contributed by atoms with Gasteiger partial charge < -0.3 is 11.1 Å². The van der Waals surface area contributed by atoms with E-state index in [0.717, 1.165) is 26.2 Å². The van der Waals surface area contributed by atoms with Gasteiger partial charge in [0.05, 0.1) is 6.04 Å². The number of nitrogens with zero attached hydrogens (tertiary/aromatic N) is 2. The molecule has 1 aliphatic rings. The highest BCUT2D eigenvalue weighted by atomic mass is 16.2. The molecule has 0 aliphatic carbocycles. The van der Waals surface area contributed by atoms with Gasteiger partial charge in [-0.3, -0.25) is 19.9 Å². The van der Waals surface area contributed by atoms with E-state index in [1.54, 1.807) is 0 Å². The molecule has 7 heteroatoms. The van der Waals surface area contributed by atoms with Gasteiger partial charge in [-0.1, -0.05) is 0 Å². The largest absolute Gasteiger partial charge is 0.341 e. The van der Waals surface area contributed by atoms with Gasteiger partial charge in [-0.2, -0.15) is 0 Å². The van der Waals surface area contributed by atoms with Crippen molar-refractivity contribution in [3.63, 3.8) is 0 Å². The molecule has 0 saturated carbocycles. The Hall–Kier alpha value is -1.18. The van der Waals surface area contributed by atoms with Gasteiger partial charge in [0.25, 0.3) is 0 Å². The van der Waals surface area contributed by atoms with Crippen LogP contribution in [0.15, 0.2) is 0 Å². The number of amides is 3. The van der Waals surface area contributed by atoms with Gasteiger partial charge in [-0.25, -0.2) is 4.79 Å². The van der Waals surface area contributed by atoms with Gasteiger partial charge in [0.2, 0.25) is 5.91 Å². The minimum Gasteiger partial charge on any atom is -0.341 e. The van der Waals surface area contributed by atoms with Gasteiger partial charge in [-0.15, -0.1) is 0 Å². The monoisotopic (exact) mass is 285 g/mol. The SMILES string of the molecule is CNC(=O)NC(=O)C(C)N1CCN(C(C)(C)CN)CC1. The molecule has 1 rings (SSSR count). The van der Waals surface area contributed by atoms with Gasteiger partial charge in [0, 0.05) is 45.3 Å². The topological polar surface area (TPSA) is 90.7 Å². The van der Waals surface area contributed by atoms with Crippen molar-refractivity contribution in [3.8, 4) is 0 Å². The smallest absolute Gasteiger partial charge is 0.321 e. The first-order chi connectivity index (χ1) is 9.31. The Kier molecular flexibility index (Phi) is 5.91. The van der Waals surface area contributed by atoms with Crippen molar-refractivity contribution in [1.29, 1.82) is 0 Å². The molecule has 1 heterocycles. The van der Waals surface area contributed by atoms with Crippen molar-refractivity contribution in [1.82, 2.24) is 20.4 Å². The number of hydrogen-bond acceptors (Lipinski definition) is 5. The van der Waals surface area contributed by atoms with Crippen LogP contribution in [0, 0.1) is 0 Å². The first-order valence-electron chi connectivity index (χ1n) is 7.03. The predicted octanol–water partition coefficient (Wildman–Crippen LogP) is -0.815. The van der Waals surface area contributed by atoms with Crippen molar-refractivity contribution in [3.05, 3.63) is 0 Å². The van der Waals surface area contributed by atoms with Crippen LogP contribution in [0.1, 0.15) is 20.8 Å². The van der Waals surface area contributed by atoms with E-state index in [2.05, 4.69) is 34.3 Å². The van der Waals surface area contributed by atoms with Crippen LogP contribution in [0.5, 0.6) is 0 Å². The van der Waals surface area contributed by atoms with E-state index < -0.39 is 6.03 Å². The molecular formula is C13H27N5O2. The van der Waals surface area contributed by atoms with Crippen molar-refractivity contribution in [2.24, 2.45) is 5.73 Å². The van der Waals surface area contributed by atoms with Gasteiger partial charge >= 0.3 is 6.03 Å². The van der Waals surface area contributed by atoms with Crippen molar-refractivity contribution < 1.29 is 9.59 Å². The van der Waals surface area contributed by atoms with E-state index in [1.807, 2.05) is 6.92 Å². The van der Waals surface area contributed by atoms with Crippen LogP contribution < -0.4 is 16.4 Å². The summed E-state index contributed by atoms with van der Waals surface area (Å²) in [4.78, 5) is 27.5. The highest BCUT2D eigenvalue weighted by molar-refractivity contribution is 5.96. The molecular weight excluding hydrogens is 258 g/mol. The molecule has 0 spiro atoms. The molecule has 1 unspecified atom stereocenters. The Morgan fingerprint density at radius 1 is 1.25 bits per heavy atom. The minimum atomic E-state index is -0.468. The maximum atomic E-state index is 11.9. The molecule has 20 heavy (non-hydrogen) atoms. The number of carbonyl (C=O) groups is 2. The Morgan fingerprint density at radius 3 is 2.25 bits per heavy atom. The summed E-state index contributed by atoms with van der Waals surface area (Å²) in [5.74, 6) is -0.268. The van der Waals surface area contributed by atoms with E-state index in [4.69, 9.17) is 5.73 Å². The molecule has 0 bridgehead atoms. The van der Waals surface area contributed by atoms with Crippen molar-refractivity contribution >= 4 is 11.9 Å². The highest BCUT2D eigenvalue weighted by Gasteiger charge is 2.31. The first kappa shape index (κ1) is 16.9. The Labute approximate surface area is 120 Å². The molecule has 7 nitrogen and oxygen atoms in total. The van der Waals surface area contributed by atoms with Crippen LogP contribution in [0.3, 0.4) is 0 Å². The van der Waals surface area contributed by atoms with Crippen LogP contribution in [-0.4, -0.2) is 73.1 Å². The fraction of sp³-hybridized carbons (Fsp3) is 0.846. The molecule has 1 aliphatic heterocycles. The zero-order valence-electron chi connectivity index (χ0n) is 12.9. The third kappa shape index (κ3) is 4.16. The van der Waals surface area contributed by atoms with Crippen LogP contribution in [0.2, 0.25) is 0 Å². The number of nitrogens with two attached hydrogens (primary N) is 1. The van der Waals surface area contributed by atoms with E-state index in [9.17, 15) is 9.59 Å². The molecule has 1 atom stereocenters. The third-order valence-electron chi connectivity index (χ3n) is 4.06. The quantitative estimate of drug-likeness (QED) is 0.628. The predicted molar refractivity (Wildman–Crippen MR) is 78.3 cm³/mol. The maximum Gasteiger partial charge on any atom is 0.321 e. The summed E-state index contributed by atoms with van der Waals surface area (Å²) in [5.41, 5.74) is 5.77. The Bertz CT molecular complexity index is 351. The summed E-state index contributed by atoms with van der Waals surface area (Å²) in [7, 11) is 1.49. The van der Waals surface area contributed by atoms with E-state index >= 15 is 0 Å². The fourth-order valence-electron chi connectivity index (χ4n) is 2.29. The minimum absolute atomic E-state index is 0.0142. The maximum absolute atomic E-state index is 11.9. The fourth-order valence-corrected chi connectivity index (χ4v) is 2.29. The number of rotatable bonds is 4. The average Bonchev–Trinajstić information content (AvgIpc) is 2.46. The van der Waals surface area contributed by atoms with Gasteiger partial charge in [0.1, 0.15) is 0 Å². The second-order valence-corrected chi connectivity index (χ2v) is 5.78. The molecule has 1 fully saturated rings. The second kappa shape index (κ2) is 7.01. The lowest BCUT2D eigenvalue weighted by molar-refractivity contribution is -0.125. The van der Waals surface area contributed by atoms with Crippen molar-refractivity contribution in [2.45, 2.75) is 32.4 Å². The number of piperazine rings is 1. The second-order valence-electron chi connectivity index (χ2n) is 5.78. The summed E-state index contributed by atoms with van der Waals surface area (Å²) in [5, 5.41) is 4.69. The lowest BCUT2D eigenvalue weighted by Gasteiger charge is -2.44. The highest BCUT2D eigenvalue weighted by Crippen LogP contribution is 2.16. The molecule has 0 radical (unpaired) electrons. The summed E-state index contributed by atoms with van der Waals surface area (Å²) in [6.45, 7) is 10.0. The normalized spacial score (nSPS) is 19.4. The number of imide groups is 1. The lowest BCUT2D eigenvalue weighted by Crippen LogP contribution is -2.60. The summed E-state index contributed by atoms with van der Waals surface area (Å²) in [6.07, 6.45) is 0. The molecule has 0 aromatic rings. The van der Waals surface area contributed by atoms with Crippen LogP contribution >= 0.6 is 0 Å². The van der Waals surface area contributed by atoms with Crippen molar-refractivity contribution in [2.75, 3.05) is 39.8 Å². The van der Waals surface area contributed by atoms with Gasteiger partial charge in [0.15, 0.2) is 0 Å². The van der Waals surface area contributed by atoms with E-state index in [-0.39, 0.29) is 17.5 Å². The van der Waals surface area contributed by atoms with E-state index in [0.29, 0.717) is 6.54 Å². The molecule has 1 saturated heterocycles. The van der Waals surface area contributed by atoms with Crippen LogP contribution in [0.25, 0.3) is 0 Å². The lowest BCUT2D eigenvalue weighted by atomic mass is 10.0. The zero-order valence-corrected chi connectivity index (χ0v) is 12.9. The number of hydrogen-bond donors (Lipinski definition) is 3. The number of urea groups is 1. The molecule has 0 aromatic heterocycles. The van der Waals surface area contributed by atoms with E-state index in [1.165, 1.54) is 7.05 Å². The third-order valence-corrected chi connectivity index (χ3v) is 4.06. The molecule has 116 valence electrons. The summed E-state index contributed by atoms with van der Waals surface area (Å²) in [6, 6.07) is -0.778. The van der Waals surface area contributed by atoms with Crippen LogP contribution in [-0.2, 0) is 4.79 Å². The number of carbonyl (C=O) groups excluding carboxylic acids is 2. The number of nitrogens with one attached hydrogen (secondary N) is 2.